The van der Waals surface area contributed by atoms with E-state index in [1.165, 1.54) is 5.56 Å². The fourth-order valence-corrected chi connectivity index (χ4v) is 4.12. The van der Waals surface area contributed by atoms with Crippen LogP contribution in [0.3, 0.4) is 0 Å². The summed E-state index contributed by atoms with van der Waals surface area (Å²) in [6, 6.07) is 23.5. The smallest absolute Gasteiger partial charge is 0.167 e. The molecule has 0 saturated carbocycles. The van der Waals surface area contributed by atoms with Crippen molar-refractivity contribution in [3.63, 3.8) is 0 Å². The molecule has 0 aliphatic heterocycles. The third-order valence-corrected chi connectivity index (χ3v) is 6.04. The lowest BCUT2D eigenvalue weighted by atomic mass is 9.96. The fraction of sp³-hybridized carbons (Fsp3) is 0.200. The molecule has 0 N–H and O–H groups in total. The molecule has 0 heterocycles. The summed E-state index contributed by atoms with van der Waals surface area (Å²) >= 11 is 0. The Morgan fingerprint density at radius 3 is 1.58 bits per heavy atom. The van der Waals surface area contributed by atoms with E-state index in [2.05, 4.69) is 6.92 Å². The Bertz CT molecular complexity index is 1240. The van der Waals surface area contributed by atoms with Gasteiger partial charge in [0.2, 0.25) is 0 Å². The minimum absolute atomic E-state index is 0.191. The molecule has 0 atom stereocenters. The summed E-state index contributed by atoms with van der Waals surface area (Å²) in [5, 5.41) is 0. The quantitative estimate of drug-likeness (QED) is 0.268. The predicted octanol–water partition coefficient (Wildman–Crippen LogP) is 8.48. The highest BCUT2D eigenvalue weighted by Gasteiger charge is 2.16. The lowest BCUT2D eigenvalue weighted by Crippen LogP contribution is -1.96. The van der Waals surface area contributed by atoms with E-state index < -0.39 is 11.6 Å². The molecular weight excluding hydrogens is 417 g/mol. The number of halogens is 3. The molecule has 0 aromatic heterocycles. The highest BCUT2D eigenvalue weighted by molar-refractivity contribution is 5.72. The summed E-state index contributed by atoms with van der Waals surface area (Å²) in [4.78, 5) is 0. The maximum Gasteiger partial charge on any atom is 0.167 e. The lowest BCUT2D eigenvalue weighted by molar-refractivity contribution is 0.514. The maximum atomic E-state index is 15.0. The van der Waals surface area contributed by atoms with Crippen LogP contribution in [0.2, 0.25) is 0 Å². The van der Waals surface area contributed by atoms with Gasteiger partial charge < -0.3 is 0 Å². The average molecular weight is 445 g/mol. The monoisotopic (exact) mass is 444 g/mol. The number of hydrogen-bond donors (Lipinski definition) is 0. The van der Waals surface area contributed by atoms with Gasteiger partial charge in [0, 0.05) is 11.1 Å². The highest BCUT2D eigenvalue weighted by Crippen LogP contribution is 2.32. The van der Waals surface area contributed by atoms with Crippen molar-refractivity contribution in [2.45, 2.75) is 39.5 Å². The van der Waals surface area contributed by atoms with Gasteiger partial charge in [0.1, 0.15) is 5.82 Å². The van der Waals surface area contributed by atoms with Crippen LogP contribution in [0.25, 0.3) is 22.3 Å². The van der Waals surface area contributed by atoms with E-state index in [9.17, 15) is 13.2 Å². The summed E-state index contributed by atoms with van der Waals surface area (Å²) in [6.45, 7) is 3.97. The third-order valence-electron chi connectivity index (χ3n) is 6.04. The molecule has 33 heavy (non-hydrogen) atoms. The van der Waals surface area contributed by atoms with Crippen molar-refractivity contribution in [1.82, 2.24) is 0 Å². The van der Waals surface area contributed by atoms with E-state index in [4.69, 9.17) is 0 Å². The van der Waals surface area contributed by atoms with Gasteiger partial charge in [0.25, 0.3) is 0 Å². The third kappa shape index (κ3) is 5.19. The van der Waals surface area contributed by atoms with Gasteiger partial charge >= 0.3 is 0 Å². The van der Waals surface area contributed by atoms with Gasteiger partial charge in [-0.2, -0.15) is 0 Å². The minimum Gasteiger partial charge on any atom is -0.207 e. The van der Waals surface area contributed by atoms with Gasteiger partial charge in [-0.1, -0.05) is 86.1 Å². The summed E-state index contributed by atoms with van der Waals surface area (Å²) in [5.41, 5.74) is 5.54. The molecule has 4 rings (SSSR count). The van der Waals surface area contributed by atoms with Crippen molar-refractivity contribution in [3.05, 3.63) is 119 Å². The lowest BCUT2D eigenvalue weighted by Gasteiger charge is -2.11. The van der Waals surface area contributed by atoms with Crippen molar-refractivity contribution in [1.29, 1.82) is 0 Å². The zero-order chi connectivity index (χ0) is 23.4. The van der Waals surface area contributed by atoms with E-state index in [-0.39, 0.29) is 16.9 Å². The molecule has 0 saturated heterocycles. The number of aryl methyl sites for hydroxylation is 4. The van der Waals surface area contributed by atoms with Gasteiger partial charge in [0.05, 0.1) is 0 Å². The van der Waals surface area contributed by atoms with Crippen molar-refractivity contribution in [2.75, 3.05) is 0 Å². The van der Waals surface area contributed by atoms with Crippen LogP contribution in [0.15, 0.2) is 78.9 Å². The Morgan fingerprint density at radius 2 is 1.09 bits per heavy atom. The molecule has 0 fully saturated rings. The van der Waals surface area contributed by atoms with Crippen LogP contribution in [0.5, 0.6) is 0 Å². The van der Waals surface area contributed by atoms with E-state index in [0.717, 1.165) is 24.0 Å². The Balaban J connectivity index is 1.51. The van der Waals surface area contributed by atoms with Crippen LogP contribution in [0, 0.1) is 24.4 Å². The summed E-state index contributed by atoms with van der Waals surface area (Å²) in [7, 11) is 0. The number of hydrogen-bond acceptors (Lipinski definition) is 0. The van der Waals surface area contributed by atoms with Crippen LogP contribution in [0.4, 0.5) is 13.2 Å². The summed E-state index contributed by atoms with van der Waals surface area (Å²) in [5.74, 6) is -1.88. The normalized spacial score (nSPS) is 11.1. The second-order valence-corrected chi connectivity index (χ2v) is 8.53. The molecule has 3 heteroatoms. The van der Waals surface area contributed by atoms with E-state index in [1.54, 1.807) is 30.3 Å². The zero-order valence-electron chi connectivity index (χ0n) is 19.0. The van der Waals surface area contributed by atoms with Crippen LogP contribution in [-0.2, 0) is 19.3 Å². The molecule has 0 bridgehead atoms. The maximum absolute atomic E-state index is 15.0. The first-order valence-corrected chi connectivity index (χ1v) is 11.4. The van der Waals surface area contributed by atoms with Crippen molar-refractivity contribution in [3.8, 4) is 22.3 Å². The topological polar surface area (TPSA) is 0 Å². The Kier molecular flexibility index (Phi) is 6.98. The van der Waals surface area contributed by atoms with Crippen LogP contribution < -0.4 is 0 Å². The van der Waals surface area contributed by atoms with Gasteiger partial charge in [0.15, 0.2) is 11.6 Å². The second kappa shape index (κ2) is 10.1. The molecule has 168 valence electrons. The standard InChI is InChI=1S/C30H27F3/c1-3-4-21-6-12-23(13-7-21)26-17-18-27(30(33)29(26)32)24-14-8-22(9-15-24)10-16-25-11-5-20(2)19-28(25)31/h5-9,11-15,17-19H,3-4,10,16H2,1-2H3. The average Bonchev–Trinajstić information content (AvgIpc) is 2.82. The number of rotatable bonds is 7. The Hall–Kier alpha value is -3.33. The molecule has 0 amide bonds. The Labute approximate surface area is 193 Å². The van der Waals surface area contributed by atoms with E-state index in [0.29, 0.717) is 29.5 Å². The van der Waals surface area contributed by atoms with Gasteiger partial charge in [-0.25, -0.2) is 13.2 Å². The van der Waals surface area contributed by atoms with Crippen molar-refractivity contribution < 1.29 is 13.2 Å². The van der Waals surface area contributed by atoms with Crippen molar-refractivity contribution in [2.24, 2.45) is 0 Å². The van der Waals surface area contributed by atoms with Gasteiger partial charge in [-0.15, -0.1) is 0 Å². The summed E-state index contributed by atoms with van der Waals surface area (Å²) in [6.07, 6.45) is 3.26. The first-order valence-electron chi connectivity index (χ1n) is 11.4. The SMILES string of the molecule is CCCc1ccc(-c2ccc(-c3ccc(CCc4ccc(C)cc4F)cc3)c(F)c2F)cc1. The van der Waals surface area contributed by atoms with Gasteiger partial charge in [-0.05, 0) is 65.6 Å². The first kappa shape index (κ1) is 22.8. The number of benzene rings is 4. The molecule has 0 spiro atoms. The molecule has 0 radical (unpaired) electrons. The second-order valence-electron chi connectivity index (χ2n) is 8.53. The van der Waals surface area contributed by atoms with Crippen LogP contribution >= 0.6 is 0 Å². The fourth-order valence-electron chi connectivity index (χ4n) is 4.12. The van der Waals surface area contributed by atoms with E-state index in [1.807, 2.05) is 55.5 Å². The van der Waals surface area contributed by atoms with Crippen molar-refractivity contribution >= 4 is 0 Å². The molecular formula is C30H27F3. The first-order chi connectivity index (χ1) is 16.0. The molecule has 0 unspecified atom stereocenters. The van der Waals surface area contributed by atoms with Gasteiger partial charge in [-0.3, -0.25) is 0 Å². The minimum atomic E-state index is -0.848. The zero-order valence-corrected chi connectivity index (χ0v) is 19.0. The molecule has 0 aliphatic carbocycles. The predicted molar refractivity (Wildman–Crippen MR) is 130 cm³/mol. The van der Waals surface area contributed by atoms with Crippen LogP contribution in [0.1, 0.15) is 35.6 Å². The molecule has 4 aromatic carbocycles. The molecule has 4 aromatic rings. The largest absolute Gasteiger partial charge is 0.207 e. The Morgan fingerprint density at radius 1 is 0.576 bits per heavy atom. The summed E-state index contributed by atoms with van der Waals surface area (Å²) < 4.78 is 43.9. The molecule has 0 aliphatic rings. The van der Waals surface area contributed by atoms with Crippen LogP contribution in [-0.4, -0.2) is 0 Å². The van der Waals surface area contributed by atoms with E-state index >= 15 is 0 Å². The highest BCUT2D eigenvalue weighted by atomic mass is 19.2. The molecule has 0 nitrogen and oxygen atoms in total.